The van der Waals surface area contributed by atoms with Crippen molar-refractivity contribution in [3.05, 3.63) is 58.7 Å². The second kappa shape index (κ2) is 5.61. The van der Waals surface area contributed by atoms with E-state index in [1.165, 1.54) is 0 Å². The van der Waals surface area contributed by atoms with E-state index in [0.717, 1.165) is 40.6 Å². The minimum atomic E-state index is -0.603. The van der Waals surface area contributed by atoms with Crippen LogP contribution in [0.15, 0.2) is 35.2 Å². The molecule has 0 saturated heterocycles. The Hall–Kier alpha value is -1.55. The maximum Gasteiger partial charge on any atom is 0.141 e. The van der Waals surface area contributed by atoms with E-state index >= 15 is 0 Å². The summed E-state index contributed by atoms with van der Waals surface area (Å²) in [6.45, 7) is 4.00. The first kappa shape index (κ1) is 13.9. The zero-order chi connectivity index (χ0) is 14.0. The van der Waals surface area contributed by atoms with Crippen LogP contribution >= 0.6 is 11.8 Å². The molecule has 0 spiro atoms. The van der Waals surface area contributed by atoms with E-state index in [1.807, 2.05) is 32.0 Å². The summed E-state index contributed by atoms with van der Waals surface area (Å²) in [5.41, 5.74) is 8.87. The Kier molecular flexibility index (Phi) is 4.10. The van der Waals surface area contributed by atoms with Crippen molar-refractivity contribution in [1.82, 2.24) is 0 Å². The number of anilines is 1. The summed E-state index contributed by atoms with van der Waals surface area (Å²) in [6, 6.07) is 8.27. The van der Waals surface area contributed by atoms with Crippen LogP contribution < -0.4 is 5.73 Å². The van der Waals surface area contributed by atoms with Gasteiger partial charge in [0.2, 0.25) is 0 Å². The third-order valence-corrected chi connectivity index (χ3v) is 4.14. The Balaban J connectivity index is 2.24. The van der Waals surface area contributed by atoms with E-state index in [0.29, 0.717) is 5.75 Å². The van der Waals surface area contributed by atoms with Gasteiger partial charge in [-0.2, -0.15) is 0 Å². The van der Waals surface area contributed by atoms with Crippen molar-refractivity contribution in [2.75, 3.05) is 5.73 Å². The fourth-order valence-electron chi connectivity index (χ4n) is 1.94. The molecule has 0 aliphatic rings. The lowest BCUT2D eigenvalue weighted by Crippen LogP contribution is -1.95. The van der Waals surface area contributed by atoms with Gasteiger partial charge in [0.15, 0.2) is 0 Å². The normalized spacial score (nSPS) is 10.7. The molecule has 100 valence electrons. The van der Waals surface area contributed by atoms with Crippen LogP contribution in [0.1, 0.15) is 16.7 Å². The quantitative estimate of drug-likeness (QED) is 0.663. The number of nitrogen functional groups attached to an aromatic ring is 1. The van der Waals surface area contributed by atoms with E-state index in [9.17, 15) is 8.78 Å². The molecule has 0 aromatic heterocycles. The molecule has 2 N–H and O–H groups in total. The Morgan fingerprint density at radius 2 is 1.58 bits per heavy atom. The zero-order valence-electron chi connectivity index (χ0n) is 10.8. The van der Waals surface area contributed by atoms with Crippen LogP contribution in [-0.2, 0) is 5.75 Å². The summed E-state index contributed by atoms with van der Waals surface area (Å²) in [4.78, 5) is 0.0249. The van der Waals surface area contributed by atoms with E-state index < -0.39 is 11.6 Å². The van der Waals surface area contributed by atoms with Crippen LogP contribution in [0.25, 0.3) is 0 Å². The SMILES string of the molecule is Cc1cccc(C)c1CSc1c(F)cc(N)cc1F. The highest BCUT2D eigenvalue weighted by atomic mass is 32.2. The average molecular weight is 279 g/mol. The number of thioether (sulfide) groups is 1. The van der Waals surface area contributed by atoms with Crippen molar-refractivity contribution in [1.29, 1.82) is 0 Å². The maximum atomic E-state index is 13.7. The lowest BCUT2D eigenvalue weighted by molar-refractivity contribution is 0.542. The number of hydrogen-bond acceptors (Lipinski definition) is 2. The Morgan fingerprint density at radius 3 is 2.11 bits per heavy atom. The van der Waals surface area contributed by atoms with E-state index in [1.54, 1.807) is 0 Å². The minimum absolute atomic E-state index is 0.0249. The number of halogens is 2. The molecule has 0 atom stereocenters. The molecule has 0 heterocycles. The van der Waals surface area contributed by atoms with Crippen molar-refractivity contribution in [2.24, 2.45) is 0 Å². The highest BCUT2D eigenvalue weighted by molar-refractivity contribution is 7.98. The molecular formula is C15H15F2NS. The molecule has 0 saturated carbocycles. The van der Waals surface area contributed by atoms with E-state index in [2.05, 4.69) is 0 Å². The Morgan fingerprint density at radius 1 is 1.05 bits per heavy atom. The van der Waals surface area contributed by atoms with Gasteiger partial charge in [-0.05, 0) is 42.7 Å². The van der Waals surface area contributed by atoms with Gasteiger partial charge in [0.1, 0.15) is 11.6 Å². The number of nitrogens with two attached hydrogens (primary N) is 1. The molecule has 0 fully saturated rings. The summed E-state index contributed by atoms with van der Waals surface area (Å²) >= 11 is 1.16. The zero-order valence-corrected chi connectivity index (χ0v) is 11.7. The molecule has 0 aliphatic heterocycles. The minimum Gasteiger partial charge on any atom is -0.399 e. The lowest BCUT2D eigenvalue weighted by atomic mass is 10.1. The Labute approximate surface area is 115 Å². The summed E-state index contributed by atoms with van der Waals surface area (Å²) in [5.74, 6) is -0.668. The molecule has 0 radical (unpaired) electrons. The van der Waals surface area contributed by atoms with E-state index in [-0.39, 0.29) is 10.6 Å². The van der Waals surface area contributed by atoms with Crippen molar-refractivity contribution in [3.63, 3.8) is 0 Å². The van der Waals surface area contributed by atoms with Gasteiger partial charge in [-0.3, -0.25) is 0 Å². The van der Waals surface area contributed by atoms with Gasteiger partial charge >= 0.3 is 0 Å². The molecule has 0 unspecified atom stereocenters. The fraction of sp³-hybridized carbons (Fsp3) is 0.200. The summed E-state index contributed by atoms with van der Waals surface area (Å²) in [7, 11) is 0. The molecule has 0 amide bonds. The summed E-state index contributed by atoms with van der Waals surface area (Å²) in [5, 5.41) is 0. The van der Waals surface area contributed by atoms with Gasteiger partial charge < -0.3 is 5.73 Å². The highest BCUT2D eigenvalue weighted by Crippen LogP contribution is 2.31. The molecule has 2 rings (SSSR count). The molecule has 4 heteroatoms. The van der Waals surface area contributed by atoms with Crippen LogP contribution in [-0.4, -0.2) is 0 Å². The van der Waals surface area contributed by atoms with Gasteiger partial charge in [0.05, 0.1) is 4.90 Å². The second-order valence-electron chi connectivity index (χ2n) is 4.47. The largest absolute Gasteiger partial charge is 0.399 e. The molecule has 2 aromatic rings. The van der Waals surface area contributed by atoms with Gasteiger partial charge in [-0.1, -0.05) is 18.2 Å². The molecule has 2 aromatic carbocycles. The molecule has 0 bridgehead atoms. The Bertz CT molecular complexity index is 568. The lowest BCUT2D eigenvalue weighted by Gasteiger charge is -2.10. The predicted octanol–water partition coefficient (Wildman–Crippen LogP) is 4.46. The van der Waals surface area contributed by atoms with Gasteiger partial charge in [-0.25, -0.2) is 8.78 Å². The molecular weight excluding hydrogens is 264 g/mol. The number of rotatable bonds is 3. The molecule has 0 aliphatic carbocycles. The molecule has 1 nitrogen and oxygen atoms in total. The third kappa shape index (κ3) is 3.07. The van der Waals surface area contributed by atoms with Crippen molar-refractivity contribution >= 4 is 17.4 Å². The van der Waals surface area contributed by atoms with Crippen LogP contribution in [0.2, 0.25) is 0 Å². The van der Waals surface area contributed by atoms with E-state index in [4.69, 9.17) is 5.73 Å². The monoisotopic (exact) mass is 279 g/mol. The topological polar surface area (TPSA) is 26.0 Å². The van der Waals surface area contributed by atoms with Gasteiger partial charge in [0.25, 0.3) is 0 Å². The highest BCUT2D eigenvalue weighted by Gasteiger charge is 2.12. The first-order chi connectivity index (χ1) is 8.99. The maximum absolute atomic E-state index is 13.7. The number of hydrogen-bond donors (Lipinski definition) is 1. The van der Waals surface area contributed by atoms with Gasteiger partial charge in [-0.15, -0.1) is 11.8 Å². The van der Waals surface area contributed by atoms with Crippen LogP contribution in [0.3, 0.4) is 0 Å². The average Bonchev–Trinajstić information content (AvgIpc) is 2.31. The smallest absolute Gasteiger partial charge is 0.141 e. The predicted molar refractivity (Wildman–Crippen MR) is 76.2 cm³/mol. The number of benzene rings is 2. The first-order valence-corrected chi connectivity index (χ1v) is 6.90. The first-order valence-electron chi connectivity index (χ1n) is 5.91. The summed E-state index contributed by atoms with van der Waals surface area (Å²) in [6.07, 6.45) is 0. The van der Waals surface area contributed by atoms with Gasteiger partial charge in [0, 0.05) is 11.4 Å². The third-order valence-electron chi connectivity index (χ3n) is 3.03. The second-order valence-corrected chi connectivity index (χ2v) is 5.46. The fourth-order valence-corrected chi connectivity index (χ4v) is 3.08. The standard InChI is InChI=1S/C15H15F2NS/c1-9-4-3-5-10(2)12(9)8-19-15-13(16)6-11(18)7-14(15)17/h3-7H,8,18H2,1-2H3. The van der Waals surface area contributed by atoms with Crippen molar-refractivity contribution in [2.45, 2.75) is 24.5 Å². The number of aryl methyl sites for hydroxylation is 2. The van der Waals surface area contributed by atoms with Crippen molar-refractivity contribution < 1.29 is 8.78 Å². The van der Waals surface area contributed by atoms with Crippen LogP contribution in [0.5, 0.6) is 0 Å². The van der Waals surface area contributed by atoms with Crippen LogP contribution in [0.4, 0.5) is 14.5 Å². The van der Waals surface area contributed by atoms with Crippen LogP contribution in [0, 0.1) is 25.5 Å². The summed E-state index contributed by atoms with van der Waals surface area (Å²) < 4.78 is 27.3. The van der Waals surface area contributed by atoms with Crippen molar-refractivity contribution in [3.8, 4) is 0 Å². The molecule has 19 heavy (non-hydrogen) atoms.